The van der Waals surface area contributed by atoms with Gasteiger partial charge >= 0.3 is 5.97 Å². The molecule has 8 nitrogen and oxygen atoms in total. The summed E-state index contributed by atoms with van der Waals surface area (Å²) >= 11 is 5.99. The van der Waals surface area contributed by atoms with Gasteiger partial charge in [-0.3, -0.25) is 14.4 Å². The zero-order valence-corrected chi connectivity index (χ0v) is 15.6. The van der Waals surface area contributed by atoms with Crippen molar-refractivity contribution in [3.63, 3.8) is 0 Å². The van der Waals surface area contributed by atoms with Crippen LogP contribution in [0.5, 0.6) is 0 Å². The van der Waals surface area contributed by atoms with Crippen LogP contribution in [0, 0.1) is 6.92 Å². The van der Waals surface area contributed by atoms with Gasteiger partial charge in [0.05, 0.1) is 7.11 Å². The first-order valence-electron chi connectivity index (χ1n) is 8.31. The highest BCUT2D eigenvalue weighted by Gasteiger charge is 2.44. The van der Waals surface area contributed by atoms with E-state index in [2.05, 4.69) is 15.4 Å². The quantitative estimate of drug-likeness (QED) is 0.583. The molecule has 142 valence electrons. The number of rotatable bonds is 3. The van der Waals surface area contributed by atoms with Crippen molar-refractivity contribution in [3.8, 4) is 0 Å². The van der Waals surface area contributed by atoms with E-state index < -0.39 is 29.6 Å². The Labute approximate surface area is 160 Å². The number of piperazine rings is 1. The Bertz CT molecular complexity index is 880. The minimum atomic E-state index is -0.900. The third kappa shape index (κ3) is 3.52. The summed E-state index contributed by atoms with van der Waals surface area (Å²) in [6, 6.07) is 4.12. The molecule has 0 bridgehead atoms. The number of Topliss-reactive ketones (excluding diaryl/α,β-unsaturated/α-hetero) is 1. The maximum Gasteiger partial charge on any atom is 0.343 e. The molecule has 2 amide bonds. The number of nitrogens with one attached hydrogen (secondary N) is 2. The molecule has 1 aromatic rings. The van der Waals surface area contributed by atoms with Gasteiger partial charge in [0.25, 0.3) is 5.91 Å². The molecular weight excluding hydrogens is 374 g/mol. The number of esters is 1. The van der Waals surface area contributed by atoms with E-state index >= 15 is 0 Å². The second kappa shape index (κ2) is 7.40. The number of benzene rings is 1. The molecule has 0 aliphatic carbocycles. The van der Waals surface area contributed by atoms with E-state index in [1.165, 1.54) is 4.90 Å². The number of carbonyl (C=O) groups excluding carboxylic acids is 4. The van der Waals surface area contributed by atoms with E-state index in [1.54, 1.807) is 25.1 Å². The standard InChI is InChI=1S/C18H18ClN3O5/c1-9-7-10(3-4-11(9)19)21-16(24)12-8-13(23)14(18(26)27-2)15-17(25)20-5-6-22(12)15/h3-4,7,12H,5-6,8H2,1-2H3,(H,20,25)(H,21,24)/t12-/m0/s1. The maximum absolute atomic E-state index is 12.8. The Hall–Kier alpha value is -2.87. The SMILES string of the molecule is COC(=O)C1=C2C(=O)NCCN2[C@H](C(=O)Nc2ccc(Cl)c(C)c2)CC1=O. The summed E-state index contributed by atoms with van der Waals surface area (Å²) in [5.41, 5.74) is 0.887. The number of aryl methyl sites for hydroxylation is 1. The fraction of sp³-hybridized carbons (Fsp3) is 0.333. The van der Waals surface area contributed by atoms with E-state index in [1.807, 2.05) is 0 Å². The van der Waals surface area contributed by atoms with Gasteiger partial charge in [-0.2, -0.15) is 0 Å². The third-order valence-corrected chi connectivity index (χ3v) is 4.95. The summed E-state index contributed by atoms with van der Waals surface area (Å²) in [6.45, 7) is 2.40. The average molecular weight is 392 g/mol. The molecule has 1 fully saturated rings. The fourth-order valence-corrected chi connectivity index (χ4v) is 3.32. The number of fused-ring (bicyclic) bond motifs is 1. The van der Waals surface area contributed by atoms with Crippen LogP contribution in [0.25, 0.3) is 0 Å². The maximum atomic E-state index is 12.8. The van der Waals surface area contributed by atoms with Crippen molar-refractivity contribution >= 4 is 40.9 Å². The molecule has 1 saturated heterocycles. The van der Waals surface area contributed by atoms with Crippen LogP contribution in [-0.4, -0.2) is 54.7 Å². The van der Waals surface area contributed by atoms with E-state index in [0.29, 0.717) is 23.8 Å². The number of ether oxygens (including phenoxy) is 1. The van der Waals surface area contributed by atoms with Crippen molar-refractivity contribution in [1.29, 1.82) is 0 Å². The van der Waals surface area contributed by atoms with Crippen LogP contribution in [0.1, 0.15) is 12.0 Å². The molecule has 2 heterocycles. The Morgan fingerprint density at radius 2 is 2.07 bits per heavy atom. The number of nitrogens with zero attached hydrogens (tertiary/aromatic N) is 1. The molecule has 2 N–H and O–H groups in total. The second-order valence-electron chi connectivity index (χ2n) is 6.26. The van der Waals surface area contributed by atoms with Crippen molar-refractivity contribution in [2.45, 2.75) is 19.4 Å². The van der Waals surface area contributed by atoms with Crippen LogP contribution in [-0.2, 0) is 23.9 Å². The number of amides is 2. The molecular formula is C18H18ClN3O5. The molecule has 2 aliphatic heterocycles. The molecule has 1 atom stereocenters. The number of methoxy groups -OCH3 is 1. The molecule has 3 rings (SSSR count). The average Bonchev–Trinajstić information content (AvgIpc) is 2.64. The monoisotopic (exact) mass is 391 g/mol. The van der Waals surface area contributed by atoms with Crippen molar-refractivity contribution < 1.29 is 23.9 Å². The lowest BCUT2D eigenvalue weighted by molar-refractivity contribution is -0.141. The summed E-state index contributed by atoms with van der Waals surface area (Å²) in [7, 11) is 1.13. The summed E-state index contributed by atoms with van der Waals surface area (Å²) in [4.78, 5) is 51.1. The number of anilines is 1. The number of ketones is 1. The molecule has 0 saturated carbocycles. The third-order valence-electron chi connectivity index (χ3n) is 4.53. The van der Waals surface area contributed by atoms with E-state index in [4.69, 9.17) is 11.6 Å². The van der Waals surface area contributed by atoms with Crippen molar-refractivity contribution in [2.75, 3.05) is 25.5 Å². The molecule has 0 aromatic heterocycles. The van der Waals surface area contributed by atoms with Crippen LogP contribution in [0.15, 0.2) is 29.5 Å². The molecule has 9 heteroatoms. The topological polar surface area (TPSA) is 105 Å². The zero-order chi connectivity index (χ0) is 19.7. The van der Waals surface area contributed by atoms with Gasteiger partial charge in [0.2, 0.25) is 5.91 Å². The second-order valence-corrected chi connectivity index (χ2v) is 6.67. The first-order valence-corrected chi connectivity index (χ1v) is 8.69. The highest BCUT2D eigenvalue weighted by Crippen LogP contribution is 2.28. The molecule has 0 radical (unpaired) electrons. The summed E-state index contributed by atoms with van der Waals surface area (Å²) < 4.78 is 4.64. The molecule has 1 aromatic carbocycles. The number of hydrogen-bond acceptors (Lipinski definition) is 6. The Morgan fingerprint density at radius 1 is 1.33 bits per heavy atom. The molecule has 0 unspecified atom stereocenters. The first-order chi connectivity index (χ1) is 12.8. The molecule has 27 heavy (non-hydrogen) atoms. The van der Waals surface area contributed by atoms with Crippen LogP contribution in [0.4, 0.5) is 5.69 Å². The summed E-state index contributed by atoms with van der Waals surface area (Å²) in [5.74, 6) is -2.50. The minimum absolute atomic E-state index is 0.114. The van der Waals surface area contributed by atoms with Gasteiger partial charge in [-0.05, 0) is 30.7 Å². The van der Waals surface area contributed by atoms with Crippen LogP contribution in [0.2, 0.25) is 5.02 Å². The Balaban J connectivity index is 1.92. The summed E-state index contributed by atoms with van der Waals surface area (Å²) in [5, 5.41) is 5.90. The fourth-order valence-electron chi connectivity index (χ4n) is 3.20. The van der Waals surface area contributed by atoms with Gasteiger partial charge in [-0.1, -0.05) is 11.6 Å². The highest BCUT2D eigenvalue weighted by atomic mass is 35.5. The normalized spacial score (nSPS) is 19.4. The van der Waals surface area contributed by atoms with Crippen molar-refractivity contribution in [3.05, 3.63) is 40.1 Å². The van der Waals surface area contributed by atoms with Crippen molar-refractivity contribution in [2.24, 2.45) is 0 Å². The van der Waals surface area contributed by atoms with E-state index in [9.17, 15) is 19.2 Å². The Morgan fingerprint density at radius 3 is 2.74 bits per heavy atom. The van der Waals surface area contributed by atoms with Crippen LogP contribution >= 0.6 is 11.6 Å². The lowest BCUT2D eigenvalue weighted by atomic mass is 9.92. The van der Waals surface area contributed by atoms with Gasteiger partial charge in [-0.15, -0.1) is 0 Å². The van der Waals surface area contributed by atoms with E-state index in [-0.39, 0.29) is 17.7 Å². The smallest absolute Gasteiger partial charge is 0.343 e. The molecule has 0 spiro atoms. The molecule has 2 aliphatic rings. The van der Waals surface area contributed by atoms with Gasteiger partial charge in [-0.25, -0.2) is 4.79 Å². The highest BCUT2D eigenvalue weighted by molar-refractivity contribution is 6.31. The van der Waals surface area contributed by atoms with Crippen LogP contribution < -0.4 is 10.6 Å². The summed E-state index contributed by atoms with van der Waals surface area (Å²) in [6.07, 6.45) is -0.223. The largest absolute Gasteiger partial charge is 0.465 e. The first kappa shape index (κ1) is 18.9. The van der Waals surface area contributed by atoms with E-state index in [0.717, 1.165) is 12.7 Å². The lowest BCUT2D eigenvalue weighted by Gasteiger charge is -2.40. The predicted octanol–water partition coefficient (Wildman–Crippen LogP) is 0.787. The van der Waals surface area contributed by atoms with Gasteiger partial charge in [0.15, 0.2) is 5.78 Å². The van der Waals surface area contributed by atoms with Crippen LogP contribution in [0.3, 0.4) is 0 Å². The van der Waals surface area contributed by atoms with Gasteiger partial charge < -0.3 is 20.3 Å². The Kier molecular flexibility index (Phi) is 5.18. The minimum Gasteiger partial charge on any atom is -0.465 e. The number of hydrogen-bond donors (Lipinski definition) is 2. The van der Waals surface area contributed by atoms with Crippen molar-refractivity contribution in [1.82, 2.24) is 10.2 Å². The zero-order valence-electron chi connectivity index (χ0n) is 14.8. The van der Waals surface area contributed by atoms with Gasteiger partial charge in [0.1, 0.15) is 17.3 Å². The predicted molar refractivity (Wildman–Crippen MR) is 97.0 cm³/mol. The lowest BCUT2D eigenvalue weighted by Crippen LogP contribution is -2.57. The van der Waals surface area contributed by atoms with Gasteiger partial charge in [0, 0.05) is 30.2 Å². The number of carbonyl (C=O) groups is 4. The number of halogens is 1.